The molecular formula is C16H10ClF3N2. The van der Waals surface area contributed by atoms with E-state index in [9.17, 15) is 13.2 Å². The monoisotopic (exact) mass is 322 g/mol. The molecule has 3 rings (SSSR count). The van der Waals surface area contributed by atoms with Crippen LogP contribution in [0.25, 0.3) is 22.3 Å². The summed E-state index contributed by atoms with van der Waals surface area (Å²) in [7, 11) is 0. The zero-order chi connectivity index (χ0) is 15.9. The van der Waals surface area contributed by atoms with Crippen LogP contribution in [0.15, 0.2) is 42.5 Å². The molecule has 0 aliphatic rings. The van der Waals surface area contributed by atoms with E-state index in [-0.39, 0.29) is 11.2 Å². The Morgan fingerprint density at radius 2 is 1.59 bits per heavy atom. The van der Waals surface area contributed by atoms with Crippen LogP contribution in [0.1, 0.15) is 11.3 Å². The van der Waals surface area contributed by atoms with Gasteiger partial charge in [0, 0.05) is 10.6 Å². The zero-order valence-electron chi connectivity index (χ0n) is 11.4. The lowest BCUT2D eigenvalue weighted by molar-refractivity contribution is -0.140. The summed E-state index contributed by atoms with van der Waals surface area (Å²) in [4.78, 5) is 7.88. The highest BCUT2D eigenvalue weighted by atomic mass is 35.5. The molecule has 0 aliphatic carbocycles. The van der Waals surface area contributed by atoms with Gasteiger partial charge in [-0.2, -0.15) is 13.2 Å². The average molecular weight is 323 g/mol. The minimum absolute atomic E-state index is 0.160. The maximum atomic E-state index is 13.3. The second-order valence-electron chi connectivity index (χ2n) is 4.92. The van der Waals surface area contributed by atoms with E-state index in [4.69, 9.17) is 11.6 Å². The largest absolute Gasteiger partial charge is 0.435 e. The number of hydrogen-bond donors (Lipinski definition) is 0. The maximum Gasteiger partial charge on any atom is 0.435 e. The van der Waals surface area contributed by atoms with Crippen molar-refractivity contribution in [3.8, 4) is 11.3 Å². The van der Waals surface area contributed by atoms with E-state index in [1.807, 2.05) is 6.92 Å². The predicted octanol–water partition coefficient (Wildman–Crippen LogP) is 5.28. The second kappa shape index (κ2) is 5.25. The van der Waals surface area contributed by atoms with Crippen LogP contribution in [0.3, 0.4) is 0 Å². The molecule has 0 bridgehead atoms. The number of aromatic nitrogens is 2. The molecule has 0 radical (unpaired) electrons. The first-order chi connectivity index (χ1) is 10.3. The molecule has 0 unspecified atom stereocenters. The summed E-state index contributed by atoms with van der Waals surface area (Å²) < 4.78 is 39.9. The van der Waals surface area contributed by atoms with Crippen molar-refractivity contribution in [2.45, 2.75) is 13.1 Å². The molecule has 0 spiro atoms. The number of rotatable bonds is 1. The third-order valence-electron chi connectivity index (χ3n) is 3.22. The molecule has 3 aromatic rings. The van der Waals surface area contributed by atoms with Crippen molar-refractivity contribution in [2.24, 2.45) is 0 Å². The van der Waals surface area contributed by atoms with E-state index in [0.29, 0.717) is 16.1 Å². The molecule has 6 heteroatoms. The summed E-state index contributed by atoms with van der Waals surface area (Å²) in [5.74, 6) is 0. The summed E-state index contributed by atoms with van der Waals surface area (Å²) in [5.41, 5.74) is 0.624. The van der Waals surface area contributed by atoms with Crippen LogP contribution < -0.4 is 0 Å². The van der Waals surface area contributed by atoms with Crippen molar-refractivity contribution in [3.05, 3.63) is 58.7 Å². The van der Waals surface area contributed by atoms with Crippen molar-refractivity contribution in [1.82, 2.24) is 9.97 Å². The Hall–Kier alpha value is -2.14. The van der Waals surface area contributed by atoms with Gasteiger partial charge in [0.15, 0.2) is 5.69 Å². The van der Waals surface area contributed by atoms with E-state index in [0.717, 1.165) is 5.56 Å². The molecular weight excluding hydrogens is 313 g/mol. The standard InChI is InChI=1S/C16H10ClF3N2/c1-9-2-4-10(5-3-9)14-15(16(18,19)20)22-12-7-6-11(17)8-13(12)21-14/h2-8H,1H3. The number of hydrogen-bond acceptors (Lipinski definition) is 2. The number of fused-ring (bicyclic) bond motifs is 1. The molecule has 0 aliphatic heterocycles. The van der Waals surface area contributed by atoms with Crippen LogP contribution in [0.5, 0.6) is 0 Å². The lowest BCUT2D eigenvalue weighted by atomic mass is 10.1. The Morgan fingerprint density at radius 1 is 0.909 bits per heavy atom. The molecule has 0 saturated heterocycles. The van der Waals surface area contributed by atoms with Crippen LogP contribution in [0.2, 0.25) is 5.02 Å². The molecule has 112 valence electrons. The Bertz CT molecular complexity index is 842. The van der Waals surface area contributed by atoms with Crippen molar-refractivity contribution < 1.29 is 13.2 Å². The molecule has 1 aromatic heterocycles. The summed E-state index contributed by atoms with van der Waals surface area (Å²) >= 11 is 5.88. The summed E-state index contributed by atoms with van der Waals surface area (Å²) in [6.07, 6.45) is -4.58. The number of halogens is 4. The van der Waals surface area contributed by atoms with Gasteiger partial charge in [0.25, 0.3) is 0 Å². The fraction of sp³-hybridized carbons (Fsp3) is 0.125. The molecule has 22 heavy (non-hydrogen) atoms. The second-order valence-corrected chi connectivity index (χ2v) is 5.35. The molecule has 0 amide bonds. The van der Waals surface area contributed by atoms with Crippen LogP contribution in [-0.4, -0.2) is 9.97 Å². The van der Waals surface area contributed by atoms with Crippen molar-refractivity contribution in [1.29, 1.82) is 0 Å². The first kappa shape index (κ1) is 14.8. The summed E-state index contributed by atoms with van der Waals surface area (Å²) in [6, 6.07) is 11.1. The highest BCUT2D eigenvalue weighted by molar-refractivity contribution is 6.31. The molecule has 0 fully saturated rings. The zero-order valence-corrected chi connectivity index (χ0v) is 12.2. The summed E-state index contributed by atoms with van der Waals surface area (Å²) in [5, 5.41) is 0.399. The quantitative estimate of drug-likeness (QED) is 0.609. The normalized spacial score (nSPS) is 11.9. The van der Waals surface area contributed by atoms with Gasteiger partial charge in [0.05, 0.1) is 11.0 Å². The maximum absolute atomic E-state index is 13.3. The minimum atomic E-state index is -4.58. The van der Waals surface area contributed by atoms with Crippen molar-refractivity contribution in [3.63, 3.8) is 0 Å². The number of benzene rings is 2. The van der Waals surface area contributed by atoms with E-state index in [2.05, 4.69) is 9.97 Å². The fourth-order valence-electron chi connectivity index (χ4n) is 2.14. The van der Waals surface area contributed by atoms with Crippen LogP contribution in [0, 0.1) is 6.92 Å². The SMILES string of the molecule is Cc1ccc(-c2nc3cc(Cl)ccc3nc2C(F)(F)F)cc1. The Morgan fingerprint density at radius 3 is 2.23 bits per heavy atom. The van der Waals surface area contributed by atoms with Crippen LogP contribution >= 0.6 is 11.6 Å². The highest BCUT2D eigenvalue weighted by Gasteiger charge is 2.37. The number of nitrogens with zero attached hydrogens (tertiary/aromatic N) is 2. The Labute approximate surface area is 129 Å². The average Bonchev–Trinajstić information content (AvgIpc) is 2.45. The van der Waals surface area contributed by atoms with E-state index in [1.165, 1.54) is 18.2 Å². The first-order valence-corrected chi connectivity index (χ1v) is 6.84. The van der Waals surface area contributed by atoms with Gasteiger partial charge in [0.1, 0.15) is 5.69 Å². The first-order valence-electron chi connectivity index (χ1n) is 6.46. The molecule has 2 aromatic carbocycles. The third kappa shape index (κ3) is 2.76. The lowest BCUT2D eigenvalue weighted by Gasteiger charge is -2.13. The molecule has 1 heterocycles. The Balaban J connectivity index is 2.31. The molecule has 0 N–H and O–H groups in total. The fourth-order valence-corrected chi connectivity index (χ4v) is 2.30. The van der Waals surface area contributed by atoms with E-state index in [1.54, 1.807) is 24.3 Å². The van der Waals surface area contributed by atoms with E-state index < -0.39 is 11.9 Å². The number of aryl methyl sites for hydroxylation is 1. The molecule has 0 atom stereocenters. The van der Waals surface area contributed by atoms with Gasteiger partial charge in [0.2, 0.25) is 0 Å². The highest BCUT2D eigenvalue weighted by Crippen LogP contribution is 2.36. The summed E-state index contributed by atoms with van der Waals surface area (Å²) in [6.45, 7) is 1.86. The van der Waals surface area contributed by atoms with Crippen LogP contribution in [-0.2, 0) is 6.18 Å². The van der Waals surface area contributed by atoms with Gasteiger partial charge in [-0.15, -0.1) is 0 Å². The predicted molar refractivity (Wildman–Crippen MR) is 79.7 cm³/mol. The minimum Gasteiger partial charge on any atom is -0.244 e. The smallest absolute Gasteiger partial charge is 0.244 e. The van der Waals surface area contributed by atoms with Gasteiger partial charge in [-0.25, -0.2) is 9.97 Å². The van der Waals surface area contributed by atoms with Crippen molar-refractivity contribution >= 4 is 22.6 Å². The van der Waals surface area contributed by atoms with E-state index >= 15 is 0 Å². The topological polar surface area (TPSA) is 25.8 Å². The van der Waals surface area contributed by atoms with Crippen molar-refractivity contribution in [2.75, 3.05) is 0 Å². The molecule has 2 nitrogen and oxygen atoms in total. The lowest BCUT2D eigenvalue weighted by Crippen LogP contribution is -2.12. The van der Waals surface area contributed by atoms with Gasteiger partial charge in [-0.3, -0.25) is 0 Å². The third-order valence-corrected chi connectivity index (χ3v) is 3.45. The van der Waals surface area contributed by atoms with Gasteiger partial charge >= 0.3 is 6.18 Å². The molecule has 0 saturated carbocycles. The van der Waals surface area contributed by atoms with Gasteiger partial charge in [-0.05, 0) is 25.1 Å². The Kier molecular flexibility index (Phi) is 3.53. The van der Waals surface area contributed by atoms with Gasteiger partial charge < -0.3 is 0 Å². The number of alkyl halides is 3. The van der Waals surface area contributed by atoms with Crippen LogP contribution in [0.4, 0.5) is 13.2 Å². The van der Waals surface area contributed by atoms with Gasteiger partial charge in [-0.1, -0.05) is 41.4 Å².